The first-order valence-corrected chi connectivity index (χ1v) is 7.01. The molecule has 0 amide bonds. The van der Waals surface area contributed by atoms with Gasteiger partial charge in [0.15, 0.2) is 0 Å². The Morgan fingerprint density at radius 2 is 2.24 bits per heavy atom. The largest absolute Gasteiger partial charge is 0.381 e. The van der Waals surface area contributed by atoms with Crippen molar-refractivity contribution in [2.45, 2.75) is 19.4 Å². The summed E-state index contributed by atoms with van der Waals surface area (Å²) in [6.07, 6.45) is 4.91. The normalized spacial score (nSPS) is 19.2. The van der Waals surface area contributed by atoms with Gasteiger partial charge in [0.1, 0.15) is 0 Å². The van der Waals surface area contributed by atoms with Gasteiger partial charge < -0.3 is 4.74 Å². The lowest BCUT2D eigenvalue weighted by molar-refractivity contribution is 0.0180. The third-order valence-corrected chi connectivity index (χ3v) is 4.55. The molecule has 4 nitrogen and oxygen atoms in total. The Hall–Kier alpha value is -0.390. The van der Waals surface area contributed by atoms with Crippen LogP contribution in [0.2, 0.25) is 5.02 Å². The molecule has 0 atom stereocenters. The SMILES string of the molecule is O=c1ncc(Cl)cn1CC1(CBr)CCOCC1. The maximum Gasteiger partial charge on any atom is 0.347 e. The van der Waals surface area contributed by atoms with Crippen molar-refractivity contribution in [2.75, 3.05) is 18.5 Å². The average Bonchev–Trinajstić information content (AvgIpc) is 2.35. The molecular formula is C11H14BrClN2O2. The molecule has 0 saturated carbocycles. The van der Waals surface area contributed by atoms with E-state index in [1.807, 2.05) is 0 Å². The molecule has 1 aromatic rings. The van der Waals surface area contributed by atoms with Crippen molar-refractivity contribution in [2.24, 2.45) is 5.41 Å². The molecule has 6 heteroatoms. The van der Waals surface area contributed by atoms with Gasteiger partial charge in [0.25, 0.3) is 0 Å². The minimum absolute atomic E-state index is 0.0639. The van der Waals surface area contributed by atoms with Crippen LogP contribution >= 0.6 is 27.5 Å². The van der Waals surface area contributed by atoms with Crippen molar-refractivity contribution < 1.29 is 4.74 Å². The van der Waals surface area contributed by atoms with Gasteiger partial charge in [-0.3, -0.25) is 4.57 Å². The summed E-state index contributed by atoms with van der Waals surface area (Å²) >= 11 is 9.41. The van der Waals surface area contributed by atoms with E-state index in [0.717, 1.165) is 31.4 Å². The third kappa shape index (κ3) is 3.09. The molecule has 0 N–H and O–H groups in total. The average molecular weight is 322 g/mol. The molecule has 0 aromatic carbocycles. The molecule has 1 aromatic heterocycles. The van der Waals surface area contributed by atoms with E-state index in [1.54, 1.807) is 10.8 Å². The van der Waals surface area contributed by atoms with E-state index < -0.39 is 0 Å². The highest BCUT2D eigenvalue weighted by molar-refractivity contribution is 9.09. The number of nitrogens with zero attached hydrogens (tertiary/aromatic N) is 2. The summed E-state index contributed by atoms with van der Waals surface area (Å²) in [5.41, 5.74) is -0.185. The van der Waals surface area contributed by atoms with Gasteiger partial charge in [0.2, 0.25) is 0 Å². The molecule has 0 aliphatic carbocycles. The highest BCUT2D eigenvalue weighted by Gasteiger charge is 2.32. The molecule has 1 saturated heterocycles. The van der Waals surface area contributed by atoms with Crippen LogP contribution in [0.4, 0.5) is 0 Å². The lowest BCUT2D eigenvalue weighted by atomic mass is 9.82. The highest BCUT2D eigenvalue weighted by Crippen LogP contribution is 2.34. The van der Waals surface area contributed by atoms with Gasteiger partial charge in [-0.25, -0.2) is 9.78 Å². The number of hydrogen-bond acceptors (Lipinski definition) is 3. The number of halogens is 2. The molecule has 0 bridgehead atoms. The smallest absolute Gasteiger partial charge is 0.347 e. The summed E-state index contributed by atoms with van der Waals surface area (Å²) in [7, 11) is 0. The monoisotopic (exact) mass is 320 g/mol. The second-order valence-electron chi connectivity index (χ2n) is 4.43. The van der Waals surface area contributed by atoms with Crippen LogP contribution in [-0.4, -0.2) is 28.1 Å². The second kappa shape index (κ2) is 5.50. The van der Waals surface area contributed by atoms with E-state index in [4.69, 9.17) is 16.3 Å². The predicted octanol–water partition coefficient (Wildman–Crippen LogP) is 2.09. The fourth-order valence-electron chi connectivity index (χ4n) is 2.04. The maximum atomic E-state index is 11.6. The van der Waals surface area contributed by atoms with Crippen LogP contribution in [0.15, 0.2) is 17.2 Å². The lowest BCUT2D eigenvalue weighted by Crippen LogP contribution is -2.38. The minimum Gasteiger partial charge on any atom is -0.381 e. The zero-order valence-corrected chi connectivity index (χ0v) is 11.7. The Labute approximate surface area is 113 Å². The summed E-state index contributed by atoms with van der Waals surface area (Å²) < 4.78 is 6.96. The van der Waals surface area contributed by atoms with Gasteiger partial charge in [-0.15, -0.1) is 0 Å². The van der Waals surface area contributed by atoms with Gasteiger partial charge >= 0.3 is 5.69 Å². The fraction of sp³-hybridized carbons (Fsp3) is 0.636. The number of alkyl halides is 1. The first kappa shape index (κ1) is 13.1. The van der Waals surface area contributed by atoms with Crippen LogP contribution in [0.5, 0.6) is 0 Å². The van der Waals surface area contributed by atoms with E-state index in [-0.39, 0.29) is 11.1 Å². The van der Waals surface area contributed by atoms with Gasteiger partial charge in [-0.05, 0) is 12.8 Å². The predicted molar refractivity (Wildman–Crippen MR) is 69.8 cm³/mol. The molecule has 1 aliphatic heterocycles. The van der Waals surface area contributed by atoms with Crippen LogP contribution in [0.3, 0.4) is 0 Å². The van der Waals surface area contributed by atoms with E-state index in [0.29, 0.717) is 11.6 Å². The number of rotatable bonds is 3. The summed E-state index contributed by atoms with van der Waals surface area (Å²) in [6.45, 7) is 2.12. The van der Waals surface area contributed by atoms with Crippen molar-refractivity contribution in [1.82, 2.24) is 9.55 Å². The van der Waals surface area contributed by atoms with Crippen molar-refractivity contribution in [1.29, 1.82) is 0 Å². The number of ether oxygens (including phenoxy) is 1. The fourth-order valence-corrected chi connectivity index (χ4v) is 2.95. The summed E-state index contributed by atoms with van der Waals surface area (Å²) in [4.78, 5) is 15.4. The molecule has 94 valence electrons. The van der Waals surface area contributed by atoms with Crippen molar-refractivity contribution >= 4 is 27.5 Å². The summed E-state index contributed by atoms with van der Waals surface area (Å²) in [6, 6.07) is 0. The van der Waals surface area contributed by atoms with Crippen molar-refractivity contribution in [3.8, 4) is 0 Å². The van der Waals surface area contributed by atoms with Gasteiger partial charge in [-0.1, -0.05) is 27.5 Å². The molecule has 17 heavy (non-hydrogen) atoms. The maximum absolute atomic E-state index is 11.6. The molecular weight excluding hydrogens is 307 g/mol. The topological polar surface area (TPSA) is 44.1 Å². The molecule has 1 fully saturated rings. The van der Waals surface area contributed by atoms with Crippen molar-refractivity contribution in [3.05, 3.63) is 27.9 Å². The Bertz CT molecular complexity index is 443. The molecule has 0 spiro atoms. The van der Waals surface area contributed by atoms with Gasteiger partial charge in [-0.2, -0.15) is 0 Å². The quantitative estimate of drug-likeness (QED) is 0.801. The third-order valence-electron chi connectivity index (χ3n) is 3.17. The Balaban J connectivity index is 2.23. The number of aromatic nitrogens is 2. The van der Waals surface area contributed by atoms with Crippen molar-refractivity contribution in [3.63, 3.8) is 0 Å². The first-order valence-electron chi connectivity index (χ1n) is 5.51. The molecule has 1 aliphatic rings. The number of hydrogen-bond donors (Lipinski definition) is 0. The second-order valence-corrected chi connectivity index (χ2v) is 5.43. The standard InChI is InChI=1S/C11H14BrClN2O2/c12-7-11(1-3-17-4-2-11)8-15-6-9(13)5-14-10(15)16/h5-6H,1-4,7-8H2. The van der Waals surface area contributed by atoms with E-state index >= 15 is 0 Å². The van der Waals surface area contributed by atoms with Crippen LogP contribution in [0, 0.1) is 5.41 Å². The van der Waals surface area contributed by atoms with E-state index in [2.05, 4.69) is 20.9 Å². The Kier molecular flexibility index (Phi) is 4.22. The molecule has 2 heterocycles. The zero-order valence-electron chi connectivity index (χ0n) is 9.36. The minimum atomic E-state index is -0.249. The Morgan fingerprint density at radius 3 is 2.88 bits per heavy atom. The Morgan fingerprint density at radius 1 is 1.53 bits per heavy atom. The van der Waals surface area contributed by atoms with Crippen LogP contribution < -0.4 is 5.69 Å². The molecule has 2 rings (SSSR count). The van der Waals surface area contributed by atoms with E-state index in [9.17, 15) is 4.79 Å². The van der Waals surface area contributed by atoms with Crippen LogP contribution in [0.25, 0.3) is 0 Å². The molecule has 0 unspecified atom stereocenters. The summed E-state index contributed by atoms with van der Waals surface area (Å²) in [5.74, 6) is 0. The van der Waals surface area contributed by atoms with Gasteiger partial charge in [0, 0.05) is 36.7 Å². The van der Waals surface area contributed by atoms with Gasteiger partial charge in [0.05, 0.1) is 11.2 Å². The molecule has 0 radical (unpaired) electrons. The van der Waals surface area contributed by atoms with Crippen LogP contribution in [-0.2, 0) is 11.3 Å². The first-order chi connectivity index (χ1) is 8.15. The highest BCUT2D eigenvalue weighted by atomic mass is 79.9. The van der Waals surface area contributed by atoms with E-state index in [1.165, 1.54) is 6.20 Å². The van der Waals surface area contributed by atoms with Crippen LogP contribution in [0.1, 0.15) is 12.8 Å². The zero-order chi connectivity index (χ0) is 12.3. The lowest BCUT2D eigenvalue weighted by Gasteiger charge is -2.35. The summed E-state index contributed by atoms with van der Waals surface area (Å²) in [5, 5.41) is 1.34.